The second kappa shape index (κ2) is 13.6. The SMILES string of the molecule is C=C(CN(C)CCN(C)CCN(C)C)NCCCCCC#N. The Hall–Kier alpha value is -1.09. The van der Waals surface area contributed by atoms with Gasteiger partial charge in [-0.3, -0.25) is 4.90 Å². The summed E-state index contributed by atoms with van der Waals surface area (Å²) in [7, 11) is 8.52. The Labute approximate surface area is 137 Å². The van der Waals surface area contributed by atoms with Crippen LogP contribution in [0.3, 0.4) is 0 Å². The molecular weight excluding hydrogens is 274 g/mol. The van der Waals surface area contributed by atoms with E-state index in [1.54, 1.807) is 0 Å². The maximum absolute atomic E-state index is 8.47. The molecule has 0 radical (unpaired) electrons. The number of hydrogen-bond acceptors (Lipinski definition) is 5. The van der Waals surface area contributed by atoms with Gasteiger partial charge in [0.2, 0.25) is 0 Å². The van der Waals surface area contributed by atoms with Crippen molar-refractivity contribution in [3.05, 3.63) is 12.3 Å². The van der Waals surface area contributed by atoms with Gasteiger partial charge in [-0.15, -0.1) is 0 Å². The number of rotatable bonds is 14. The van der Waals surface area contributed by atoms with Crippen molar-refractivity contribution >= 4 is 0 Å². The highest BCUT2D eigenvalue weighted by Crippen LogP contribution is 1.99. The summed E-state index contributed by atoms with van der Waals surface area (Å²) in [5.41, 5.74) is 1.08. The number of unbranched alkanes of at least 4 members (excludes halogenated alkanes) is 3. The number of hydrogen-bond donors (Lipinski definition) is 1. The average Bonchev–Trinajstić information content (AvgIpc) is 2.46. The summed E-state index contributed by atoms with van der Waals surface area (Å²) >= 11 is 0. The van der Waals surface area contributed by atoms with Gasteiger partial charge in [0.15, 0.2) is 0 Å². The third-order valence-electron chi connectivity index (χ3n) is 3.59. The van der Waals surface area contributed by atoms with Crippen molar-refractivity contribution in [1.82, 2.24) is 20.0 Å². The number of nitrogens with one attached hydrogen (secondary N) is 1. The van der Waals surface area contributed by atoms with Crippen molar-refractivity contribution in [1.29, 1.82) is 5.26 Å². The largest absolute Gasteiger partial charge is 0.388 e. The molecule has 0 aromatic heterocycles. The molecule has 22 heavy (non-hydrogen) atoms. The molecule has 0 unspecified atom stereocenters. The maximum atomic E-state index is 8.47. The zero-order valence-electron chi connectivity index (χ0n) is 15.1. The Bertz CT molecular complexity index is 322. The van der Waals surface area contributed by atoms with Gasteiger partial charge < -0.3 is 15.1 Å². The van der Waals surface area contributed by atoms with Crippen LogP contribution in [0.5, 0.6) is 0 Å². The molecule has 0 saturated heterocycles. The fourth-order valence-corrected chi connectivity index (χ4v) is 2.06. The maximum Gasteiger partial charge on any atom is 0.0621 e. The zero-order chi connectivity index (χ0) is 16.8. The minimum absolute atomic E-state index is 0.672. The minimum Gasteiger partial charge on any atom is -0.388 e. The summed E-state index contributed by atoms with van der Waals surface area (Å²) in [5.74, 6) is 0. The lowest BCUT2D eigenvalue weighted by Crippen LogP contribution is -2.36. The molecule has 0 heterocycles. The van der Waals surface area contributed by atoms with E-state index in [0.717, 1.165) is 64.2 Å². The quantitative estimate of drug-likeness (QED) is 0.494. The summed E-state index contributed by atoms with van der Waals surface area (Å²) in [5, 5.41) is 11.8. The Morgan fingerprint density at radius 3 is 2.23 bits per heavy atom. The average molecular weight is 310 g/mol. The van der Waals surface area contributed by atoms with E-state index in [1.807, 2.05) is 0 Å². The Kier molecular flexibility index (Phi) is 12.9. The van der Waals surface area contributed by atoms with E-state index in [1.165, 1.54) is 0 Å². The lowest BCUT2D eigenvalue weighted by Gasteiger charge is -2.24. The van der Waals surface area contributed by atoms with Crippen LogP contribution in [-0.4, -0.2) is 82.2 Å². The molecule has 0 saturated carbocycles. The van der Waals surface area contributed by atoms with Crippen LogP contribution in [0.1, 0.15) is 25.7 Å². The molecule has 128 valence electrons. The molecular formula is C17H35N5. The van der Waals surface area contributed by atoms with Crippen molar-refractivity contribution in [2.75, 3.05) is 67.5 Å². The molecule has 0 rings (SSSR count). The van der Waals surface area contributed by atoms with Crippen LogP contribution in [0.15, 0.2) is 12.3 Å². The van der Waals surface area contributed by atoms with Crippen molar-refractivity contribution in [3.63, 3.8) is 0 Å². The molecule has 0 fully saturated rings. The van der Waals surface area contributed by atoms with E-state index < -0.39 is 0 Å². The normalized spacial score (nSPS) is 11.2. The predicted octanol–water partition coefficient (Wildman–Crippen LogP) is 1.60. The first-order valence-corrected chi connectivity index (χ1v) is 8.26. The Morgan fingerprint density at radius 2 is 1.59 bits per heavy atom. The van der Waals surface area contributed by atoms with E-state index in [0.29, 0.717) is 6.42 Å². The molecule has 0 aliphatic heterocycles. The fourth-order valence-electron chi connectivity index (χ4n) is 2.06. The first-order valence-electron chi connectivity index (χ1n) is 8.26. The van der Waals surface area contributed by atoms with Crippen molar-refractivity contribution in [2.24, 2.45) is 0 Å². The van der Waals surface area contributed by atoms with Gasteiger partial charge in [0.05, 0.1) is 6.07 Å². The monoisotopic (exact) mass is 309 g/mol. The van der Waals surface area contributed by atoms with Gasteiger partial charge in [0.1, 0.15) is 0 Å². The van der Waals surface area contributed by atoms with Gasteiger partial charge in [-0.1, -0.05) is 13.0 Å². The summed E-state index contributed by atoms with van der Waals surface area (Å²) in [6.45, 7) is 10.3. The van der Waals surface area contributed by atoms with E-state index in [9.17, 15) is 0 Å². The first kappa shape index (κ1) is 20.9. The summed E-state index contributed by atoms with van der Waals surface area (Å²) in [4.78, 5) is 6.88. The van der Waals surface area contributed by atoms with Crippen molar-refractivity contribution < 1.29 is 0 Å². The van der Waals surface area contributed by atoms with E-state index >= 15 is 0 Å². The molecule has 0 aromatic carbocycles. The van der Waals surface area contributed by atoms with Crippen LogP contribution < -0.4 is 5.32 Å². The van der Waals surface area contributed by atoms with Gasteiger partial charge in [-0.05, 0) is 41.0 Å². The lowest BCUT2D eigenvalue weighted by atomic mass is 10.2. The molecule has 5 nitrogen and oxygen atoms in total. The molecule has 0 aliphatic rings. The molecule has 1 N–H and O–H groups in total. The van der Waals surface area contributed by atoms with Crippen LogP contribution in [0, 0.1) is 11.3 Å². The predicted molar refractivity (Wildman–Crippen MR) is 94.8 cm³/mol. The van der Waals surface area contributed by atoms with Crippen LogP contribution in [0.4, 0.5) is 0 Å². The number of nitrogens with zero attached hydrogens (tertiary/aromatic N) is 4. The molecule has 5 heteroatoms. The van der Waals surface area contributed by atoms with E-state index in [2.05, 4.69) is 60.9 Å². The summed E-state index contributed by atoms with van der Waals surface area (Å²) in [6, 6.07) is 2.18. The van der Waals surface area contributed by atoms with Crippen molar-refractivity contribution in [3.8, 4) is 6.07 Å². The van der Waals surface area contributed by atoms with Gasteiger partial charge in [0.25, 0.3) is 0 Å². The highest BCUT2D eigenvalue weighted by atomic mass is 15.2. The van der Waals surface area contributed by atoms with Gasteiger partial charge in [-0.25, -0.2) is 0 Å². The fraction of sp³-hybridized carbons (Fsp3) is 0.824. The minimum atomic E-state index is 0.672. The second-order valence-corrected chi connectivity index (χ2v) is 6.34. The summed E-state index contributed by atoms with van der Waals surface area (Å²) < 4.78 is 0. The highest BCUT2D eigenvalue weighted by molar-refractivity contribution is 4.93. The second-order valence-electron chi connectivity index (χ2n) is 6.34. The third kappa shape index (κ3) is 13.9. The molecule has 0 atom stereocenters. The van der Waals surface area contributed by atoms with Gasteiger partial charge in [-0.2, -0.15) is 5.26 Å². The topological polar surface area (TPSA) is 45.5 Å². The number of nitriles is 1. The lowest BCUT2D eigenvalue weighted by molar-refractivity contribution is 0.243. The van der Waals surface area contributed by atoms with Gasteiger partial charge >= 0.3 is 0 Å². The van der Waals surface area contributed by atoms with Crippen LogP contribution >= 0.6 is 0 Å². The summed E-state index contributed by atoms with van der Waals surface area (Å²) in [6.07, 6.45) is 3.90. The Balaban J connectivity index is 3.59. The Morgan fingerprint density at radius 1 is 0.955 bits per heavy atom. The van der Waals surface area contributed by atoms with E-state index in [4.69, 9.17) is 5.26 Å². The first-order chi connectivity index (χ1) is 10.5. The number of likely N-dealkylation sites (N-methyl/N-ethyl adjacent to an activating group) is 3. The zero-order valence-corrected chi connectivity index (χ0v) is 15.1. The van der Waals surface area contributed by atoms with E-state index in [-0.39, 0.29) is 0 Å². The van der Waals surface area contributed by atoms with Crippen molar-refractivity contribution in [2.45, 2.75) is 25.7 Å². The standard InChI is InChI=1S/C17H35N5/c1-17(19-11-9-7-6-8-10-18)16-22(5)15-14-21(4)13-12-20(2)3/h19H,1,6-9,11-16H2,2-5H3. The van der Waals surface area contributed by atoms with Crippen LogP contribution in [0.2, 0.25) is 0 Å². The third-order valence-corrected chi connectivity index (χ3v) is 3.59. The molecule has 0 aromatic rings. The van der Waals surface area contributed by atoms with Crippen LogP contribution in [-0.2, 0) is 0 Å². The van der Waals surface area contributed by atoms with Crippen LogP contribution in [0.25, 0.3) is 0 Å². The smallest absolute Gasteiger partial charge is 0.0621 e. The molecule has 0 amide bonds. The highest BCUT2D eigenvalue weighted by Gasteiger charge is 2.04. The van der Waals surface area contributed by atoms with Gasteiger partial charge in [0, 0.05) is 51.4 Å². The molecule has 0 spiro atoms. The molecule has 0 bridgehead atoms. The molecule has 0 aliphatic carbocycles.